The molecular weight excluding hydrogens is 264 g/mol. The normalized spacial score (nSPS) is 21.8. The fourth-order valence-electron chi connectivity index (χ4n) is 3.04. The second-order valence-electron chi connectivity index (χ2n) is 5.55. The van der Waals surface area contributed by atoms with Crippen LogP contribution in [-0.2, 0) is 14.6 Å². The minimum absolute atomic E-state index is 0.0970. The van der Waals surface area contributed by atoms with Crippen LogP contribution in [0.5, 0.6) is 0 Å². The Kier molecular flexibility index (Phi) is 6.73. The smallest absolute Gasteiger partial charge is 0.147 e. The monoisotopic (exact) mass is 292 g/mol. The van der Waals surface area contributed by atoms with Gasteiger partial charge in [0.25, 0.3) is 0 Å². The van der Waals surface area contributed by atoms with Crippen LogP contribution < -0.4 is 11.3 Å². The van der Waals surface area contributed by atoms with Crippen LogP contribution in [0.3, 0.4) is 0 Å². The molecule has 0 bridgehead atoms. The Morgan fingerprint density at radius 3 is 2.26 bits per heavy atom. The topological polar surface area (TPSA) is 81.4 Å². The van der Waals surface area contributed by atoms with Crippen LogP contribution in [0.15, 0.2) is 0 Å². The maximum absolute atomic E-state index is 11.4. The molecular formula is C13H28N2O3S. The summed E-state index contributed by atoms with van der Waals surface area (Å²) in [6.07, 6.45) is 8.37. The molecule has 1 rings (SSSR count). The quantitative estimate of drug-likeness (QED) is 0.421. The first kappa shape index (κ1) is 16.9. The minimum atomic E-state index is -2.97. The van der Waals surface area contributed by atoms with Crippen molar-refractivity contribution in [2.75, 3.05) is 18.6 Å². The summed E-state index contributed by atoms with van der Waals surface area (Å²) >= 11 is 0. The lowest BCUT2D eigenvalue weighted by molar-refractivity contribution is -0.0774. The summed E-state index contributed by atoms with van der Waals surface area (Å²) in [6, 6.07) is -0.0970. The summed E-state index contributed by atoms with van der Waals surface area (Å²) in [5.41, 5.74) is 2.51. The lowest BCUT2D eigenvalue weighted by Gasteiger charge is -2.40. The number of hydrogen-bond acceptors (Lipinski definition) is 5. The zero-order valence-corrected chi connectivity index (χ0v) is 13.0. The number of nitrogens with two attached hydrogens (primary N) is 1. The van der Waals surface area contributed by atoms with Crippen molar-refractivity contribution in [2.45, 2.75) is 63.5 Å². The zero-order chi connectivity index (χ0) is 14.4. The summed E-state index contributed by atoms with van der Waals surface area (Å²) in [7, 11) is -2.97. The number of rotatable bonds is 7. The molecule has 3 N–H and O–H groups in total. The van der Waals surface area contributed by atoms with Crippen LogP contribution in [0.1, 0.15) is 51.9 Å². The molecule has 0 aromatic carbocycles. The first-order valence-electron chi connectivity index (χ1n) is 7.21. The van der Waals surface area contributed by atoms with E-state index < -0.39 is 9.84 Å². The predicted molar refractivity (Wildman–Crippen MR) is 77.5 cm³/mol. The van der Waals surface area contributed by atoms with Gasteiger partial charge in [0, 0.05) is 12.9 Å². The van der Waals surface area contributed by atoms with E-state index in [1.807, 2.05) is 6.92 Å². The Hall–Kier alpha value is -0.170. The lowest BCUT2D eigenvalue weighted by atomic mass is 9.85. The summed E-state index contributed by atoms with van der Waals surface area (Å²) in [4.78, 5) is 0. The molecule has 6 heteroatoms. The van der Waals surface area contributed by atoms with Crippen LogP contribution in [0.2, 0.25) is 0 Å². The summed E-state index contributed by atoms with van der Waals surface area (Å²) < 4.78 is 28.7. The molecule has 0 amide bonds. The van der Waals surface area contributed by atoms with Gasteiger partial charge in [0.15, 0.2) is 0 Å². The highest BCUT2D eigenvalue weighted by molar-refractivity contribution is 7.90. The first-order chi connectivity index (χ1) is 8.93. The molecule has 1 saturated carbocycles. The van der Waals surface area contributed by atoms with E-state index in [4.69, 9.17) is 10.6 Å². The van der Waals surface area contributed by atoms with E-state index in [1.54, 1.807) is 0 Å². The molecule has 1 unspecified atom stereocenters. The molecule has 0 saturated heterocycles. The van der Waals surface area contributed by atoms with Crippen LogP contribution in [0.25, 0.3) is 0 Å². The third-order valence-corrected chi connectivity index (χ3v) is 4.97. The Morgan fingerprint density at radius 2 is 1.84 bits per heavy atom. The maximum atomic E-state index is 11.4. The van der Waals surface area contributed by atoms with Crippen molar-refractivity contribution in [1.82, 2.24) is 5.43 Å². The van der Waals surface area contributed by atoms with Gasteiger partial charge < -0.3 is 4.74 Å². The van der Waals surface area contributed by atoms with Crippen LogP contribution in [0, 0.1) is 0 Å². The predicted octanol–water partition coefficient (Wildman–Crippen LogP) is 1.38. The van der Waals surface area contributed by atoms with Gasteiger partial charge in [-0.25, -0.2) is 8.42 Å². The van der Waals surface area contributed by atoms with Crippen molar-refractivity contribution in [3.05, 3.63) is 0 Å². The third kappa shape index (κ3) is 5.38. The molecule has 19 heavy (non-hydrogen) atoms. The zero-order valence-electron chi connectivity index (χ0n) is 12.2. The minimum Gasteiger partial charge on any atom is -0.374 e. The van der Waals surface area contributed by atoms with Crippen molar-refractivity contribution in [3.63, 3.8) is 0 Å². The van der Waals surface area contributed by atoms with Crippen molar-refractivity contribution < 1.29 is 13.2 Å². The number of hydrazine groups is 1. The fraction of sp³-hybridized carbons (Fsp3) is 1.00. The van der Waals surface area contributed by atoms with Crippen molar-refractivity contribution >= 4 is 9.84 Å². The van der Waals surface area contributed by atoms with Crippen LogP contribution >= 0.6 is 0 Å². The molecule has 0 heterocycles. The SMILES string of the molecule is CCOC1(C(CCS(C)(=O)=O)NN)CCCCCC1. The van der Waals surface area contributed by atoms with Gasteiger partial charge in [0.05, 0.1) is 17.4 Å². The largest absolute Gasteiger partial charge is 0.374 e. The second-order valence-corrected chi connectivity index (χ2v) is 7.81. The molecule has 0 aliphatic heterocycles. The molecule has 5 nitrogen and oxygen atoms in total. The Bertz CT molecular complexity index is 349. The maximum Gasteiger partial charge on any atom is 0.147 e. The first-order valence-corrected chi connectivity index (χ1v) is 9.27. The van der Waals surface area contributed by atoms with E-state index in [9.17, 15) is 8.42 Å². The highest BCUT2D eigenvalue weighted by Crippen LogP contribution is 2.34. The molecule has 1 aliphatic rings. The summed E-state index contributed by atoms with van der Waals surface area (Å²) in [5.74, 6) is 5.82. The van der Waals surface area contributed by atoms with Gasteiger partial charge in [0.2, 0.25) is 0 Å². The lowest BCUT2D eigenvalue weighted by Crippen LogP contribution is -2.55. The molecule has 0 aromatic heterocycles. The van der Waals surface area contributed by atoms with Crippen molar-refractivity contribution in [1.29, 1.82) is 0 Å². The molecule has 0 spiro atoms. The number of nitrogens with one attached hydrogen (secondary N) is 1. The Balaban J connectivity index is 2.79. The standard InChI is InChI=1S/C13H28N2O3S/c1-3-18-13(9-6-4-5-7-10-13)12(15-14)8-11-19(2,16)17/h12,15H,3-11,14H2,1-2H3. The van der Waals surface area contributed by atoms with E-state index in [2.05, 4.69) is 5.43 Å². The van der Waals surface area contributed by atoms with Crippen LogP contribution in [0.4, 0.5) is 0 Å². The Morgan fingerprint density at radius 1 is 1.26 bits per heavy atom. The third-order valence-electron chi connectivity index (χ3n) is 4.00. The van der Waals surface area contributed by atoms with Gasteiger partial charge in [0.1, 0.15) is 9.84 Å². The van der Waals surface area contributed by atoms with Crippen LogP contribution in [-0.4, -0.2) is 38.7 Å². The number of ether oxygens (including phenoxy) is 1. The van der Waals surface area contributed by atoms with Gasteiger partial charge in [-0.15, -0.1) is 0 Å². The fourth-order valence-corrected chi connectivity index (χ4v) is 3.70. The summed E-state index contributed by atoms with van der Waals surface area (Å²) in [6.45, 7) is 2.62. The average molecular weight is 292 g/mol. The highest BCUT2D eigenvalue weighted by atomic mass is 32.2. The highest BCUT2D eigenvalue weighted by Gasteiger charge is 2.39. The molecule has 0 radical (unpaired) electrons. The van der Waals surface area contributed by atoms with Gasteiger partial charge in [-0.1, -0.05) is 25.7 Å². The van der Waals surface area contributed by atoms with Gasteiger partial charge in [-0.3, -0.25) is 11.3 Å². The van der Waals surface area contributed by atoms with E-state index in [-0.39, 0.29) is 17.4 Å². The van der Waals surface area contributed by atoms with Crippen molar-refractivity contribution in [2.24, 2.45) is 5.84 Å². The second kappa shape index (κ2) is 7.57. The molecule has 1 fully saturated rings. The molecule has 1 aliphatic carbocycles. The number of hydrogen-bond donors (Lipinski definition) is 2. The number of sulfone groups is 1. The molecule has 1 atom stereocenters. The van der Waals surface area contributed by atoms with E-state index in [0.29, 0.717) is 13.0 Å². The van der Waals surface area contributed by atoms with Gasteiger partial charge >= 0.3 is 0 Å². The van der Waals surface area contributed by atoms with E-state index in [0.717, 1.165) is 25.7 Å². The van der Waals surface area contributed by atoms with Crippen molar-refractivity contribution in [3.8, 4) is 0 Å². The molecule has 0 aromatic rings. The van der Waals surface area contributed by atoms with Gasteiger partial charge in [-0.2, -0.15) is 0 Å². The van der Waals surface area contributed by atoms with E-state index >= 15 is 0 Å². The average Bonchev–Trinajstić information content (AvgIpc) is 2.55. The Labute approximate surface area is 117 Å². The molecule has 114 valence electrons. The summed E-state index contributed by atoms with van der Waals surface area (Å²) in [5, 5.41) is 0. The van der Waals surface area contributed by atoms with E-state index in [1.165, 1.54) is 19.1 Å². The van der Waals surface area contributed by atoms with Gasteiger partial charge in [-0.05, 0) is 26.2 Å².